The minimum absolute atomic E-state index is 0.0547. The predicted molar refractivity (Wildman–Crippen MR) is 102 cm³/mol. The zero-order valence-corrected chi connectivity index (χ0v) is 15.2. The van der Waals surface area contributed by atoms with Gasteiger partial charge in [-0.3, -0.25) is 4.79 Å². The van der Waals surface area contributed by atoms with Gasteiger partial charge in [0.05, 0.1) is 19.3 Å². The average Bonchev–Trinajstić information content (AvgIpc) is 3.03. The lowest BCUT2D eigenvalue weighted by atomic mass is 10.1. The number of aromatic nitrogens is 2. The van der Waals surface area contributed by atoms with E-state index in [0.29, 0.717) is 17.4 Å². The Kier molecular flexibility index (Phi) is 6.04. The summed E-state index contributed by atoms with van der Waals surface area (Å²) in [5.41, 5.74) is 3.17. The molecule has 3 rings (SSSR count). The van der Waals surface area contributed by atoms with E-state index in [1.54, 1.807) is 23.0 Å². The van der Waals surface area contributed by atoms with Crippen LogP contribution in [0.4, 0.5) is 5.82 Å². The molecule has 0 bridgehead atoms. The van der Waals surface area contributed by atoms with Crippen LogP contribution in [0.25, 0.3) is 0 Å². The Hall–Kier alpha value is -2.63. The molecule has 134 valence electrons. The number of carbonyl (C=O) groups is 1. The molecule has 3 aromatic rings. The topological polar surface area (TPSA) is 56.2 Å². The molecular weight excluding hydrogens is 350 g/mol. The van der Waals surface area contributed by atoms with Crippen molar-refractivity contribution in [3.63, 3.8) is 0 Å². The summed E-state index contributed by atoms with van der Waals surface area (Å²) < 4.78 is 7.21. The van der Waals surface area contributed by atoms with Crippen molar-refractivity contribution < 1.29 is 9.53 Å². The van der Waals surface area contributed by atoms with Gasteiger partial charge in [-0.2, -0.15) is 5.10 Å². The summed E-state index contributed by atoms with van der Waals surface area (Å²) in [6.45, 7) is 2.87. The lowest BCUT2D eigenvalue weighted by Crippen LogP contribution is -2.20. The summed E-state index contributed by atoms with van der Waals surface area (Å²) in [6, 6.07) is 17.4. The lowest BCUT2D eigenvalue weighted by molar-refractivity contribution is -0.121. The highest BCUT2D eigenvalue weighted by Crippen LogP contribution is 2.16. The number of anilines is 1. The minimum atomic E-state index is -0.233. The van der Waals surface area contributed by atoms with Gasteiger partial charge < -0.3 is 10.1 Å². The van der Waals surface area contributed by atoms with Crippen molar-refractivity contribution in [1.82, 2.24) is 9.78 Å². The normalized spacial score (nSPS) is 10.7. The van der Waals surface area contributed by atoms with Crippen molar-refractivity contribution in [2.45, 2.75) is 20.1 Å². The Balaban J connectivity index is 1.53. The van der Waals surface area contributed by atoms with E-state index in [4.69, 9.17) is 16.3 Å². The molecule has 1 N–H and O–H groups in total. The number of rotatable bonds is 7. The third kappa shape index (κ3) is 4.94. The first-order valence-corrected chi connectivity index (χ1v) is 8.68. The van der Waals surface area contributed by atoms with Crippen LogP contribution >= 0.6 is 11.6 Å². The van der Waals surface area contributed by atoms with E-state index in [1.165, 1.54) is 5.56 Å². The Morgan fingerprint density at radius 2 is 2.04 bits per heavy atom. The van der Waals surface area contributed by atoms with Gasteiger partial charge in [-0.15, -0.1) is 0 Å². The smallest absolute Gasteiger partial charge is 0.251 e. The predicted octanol–water partition coefficient (Wildman–Crippen LogP) is 4.05. The SMILES string of the molecule is Cc1cccc(Cn2nccc2NC(=O)COCc2ccccc2Cl)c1. The molecule has 1 amide bonds. The lowest BCUT2D eigenvalue weighted by Gasteiger charge is -2.10. The maximum Gasteiger partial charge on any atom is 0.251 e. The van der Waals surface area contributed by atoms with E-state index in [-0.39, 0.29) is 19.1 Å². The Bertz CT molecular complexity index is 892. The molecule has 0 aliphatic rings. The van der Waals surface area contributed by atoms with E-state index < -0.39 is 0 Å². The zero-order valence-electron chi connectivity index (χ0n) is 14.5. The van der Waals surface area contributed by atoms with Crippen molar-refractivity contribution in [2.75, 3.05) is 11.9 Å². The highest BCUT2D eigenvalue weighted by Gasteiger charge is 2.09. The fourth-order valence-electron chi connectivity index (χ4n) is 2.60. The Labute approximate surface area is 157 Å². The van der Waals surface area contributed by atoms with Crippen LogP contribution in [0.5, 0.6) is 0 Å². The number of ether oxygens (including phenoxy) is 1. The highest BCUT2D eigenvalue weighted by atomic mass is 35.5. The number of nitrogens with one attached hydrogen (secondary N) is 1. The molecule has 6 heteroatoms. The fraction of sp³-hybridized carbons (Fsp3) is 0.200. The zero-order chi connectivity index (χ0) is 18.4. The number of halogens is 1. The van der Waals surface area contributed by atoms with Gasteiger partial charge in [-0.25, -0.2) is 4.68 Å². The quantitative estimate of drug-likeness (QED) is 0.683. The van der Waals surface area contributed by atoms with Crippen molar-refractivity contribution in [2.24, 2.45) is 0 Å². The van der Waals surface area contributed by atoms with Crippen LogP contribution in [0, 0.1) is 6.92 Å². The summed E-state index contributed by atoms with van der Waals surface area (Å²) in [5.74, 6) is 0.404. The van der Waals surface area contributed by atoms with Crippen LogP contribution in [0.2, 0.25) is 5.02 Å². The maximum atomic E-state index is 12.1. The van der Waals surface area contributed by atoms with E-state index >= 15 is 0 Å². The van der Waals surface area contributed by atoms with Crippen LogP contribution < -0.4 is 5.32 Å². The molecule has 0 unspecified atom stereocenters. The molecule has 0 fully saturated rings. The van der Waals surface area contributed by atoms with Crippen molar-refractivity contribution in [3.8, 4) is 0 Å². The first kappa shape index (κ1) is 18.2. The molecule has 0 saturated heterocycles. The van der Waals surface area contributed by atoms with Gasteiger partial charge in [0.2, 0.25) is 0 Å². The van der Waals surface area contributed by atoms with Crippen molar-refractivity contribution in [1.29, 1.82) is 0 Å². The van der Waals surface area contributed by atoms with Crippen LogP contribution in [-0.4, -0.2) is 22.3 Å². The largest absolute Gasteiger partial charge is 0.367 e. The number of carbonyl (C=O) groups excluding carboxylic acids is 1. The van der Waals surface area contributed by atoms with E-state index in [0.717, 1.165) is 11.1 Å². The van der Waals surface area contributed by atoms with Crippen molar-refractivity contribution in [3.05, 3.63) is 82.5 Å². The molecule has 0 atom stereocenters. The van der Waals surface area contributed by atoms with Gasteiger partial charge in [0, 0.05) is 11.1 Å². The third-order valence-electron chi connectivity index (χ3n) is 3.85. The Morgan fingerprint density at radius 3 is 2.85 bits per heavy atom. The highest BCUT2D eigenvalue weighted by molar-refractivity contribution is 6.31. The summed E-state index contributed by atoms with van der Waals surface area (Å²) in [6.07, 6.45) is 1.66. The molecule has 0 aliphatic carbocycles. The van der Waals surface area contributed by atoms with Crippen LogP contribution in [0.1, 0.15) is 16.7 Å². The van der Waals surface area contributed by atoms with Crippen LogP contribution in [-0.2, 0) is 22.7 Å². The fourth-order valence-corrected chi connectivity index (χ4v) is 2.79. The number of aryl methyl sites for hydroxylation is 1. The van der Waals surface area contributed by atoms with Gasteiger partial charge in [0.1, 0.15) is 12.4 Å². The second-order valence-corrected chi connectivity index (χ2v) is 6.40. The first-order chi connectivity index (χ1) is 12.6. The molecule has 0 spiro atoms. The van der Waals surface area contributed by atoms with E-state index in [9.17, 15) is 4.79 Å². The van der Waals surface area contributed by atoms with Gasteiger partial charge in [0.15, 0.2) is 0 Å². The summed E-state index contributed by atoms with van der Waals surface area (Å²) >= 11 is 6.07. The van der Waals surface area contributed by atoms with E-state index in [2.05, 4.69) is 16.5 Å². The van der Waals surface area contributed by atoms with E-state index in [1.807, 2.05) is 43.3 Å². The number of amides is 1. The Morgan fingerprint density at radius 1 is 1.19 bits per heavy atom. The minimum Gasteiger partial charge on any atom is -0.367 e. The van der Waals surface area contributed by atoms with Gasteiger partial charge >= 0.3 is 0 Å². The maximum absolute atomic E-state index is 12.1. The van der Waals surface area contributed by atoms with Crippen LogP contribution in [0.15, 0.2) is 60.8 Å². The molecule has 0 radical (unpaired) electrons. The molecular formula is C20H20ClN3O2. The van der Waals surface area contributed by atoms with Gasteiger partial charge in [0.25, 0.3) is 5.91 Å². The number of nitrogens with zero attached hydrogens (tertiary/aromatic N) is 2. The van der Waals surface area contributed by atoms with Crippen LogP contribution in [0.3, 0.4) is 0 Å². The summed E-state index contributed by atoms with van der Waals surface area (Å²) in [4.78, 5) is 12.1. The molecule has 2 aromatic carbocycles. The number of hydrogen-bond acceptors (Lipinski definition) is 3. The molecule has 5 nitrogen and oxygen atoms in total. The van der Waals surface area contributed by atoms with Gasteiger partial charge in [-0.1, -0.05) is 59.6 Å². The molecule has 1 heterocycles. The first-order valence-electron chi connectivity index (χ1n) is 8.30. The third-order valence-corrected chi connectivity index (χ3v) is 4.22. The van der Waals surface area contributed by atoms with Crippen molar-refractivity contribution >= 4 is 23.3 Å². The summed E-state index contributed by atoms with van der Waals surface area (Å²) in [5, 5.41) is 7.74. The number of benzene rings is 2. The number of hydrogen-bond donors (Lipinski definition) is 1. The molecule has 0 saturated carbocycles. The monoisotopic (exact) mass is 369 g/mol. The summed E-state index contributed by atoms with van der Waals surface area (Å²) in [7, 11) is 0. The average molecular weight is 370 g/mol. The molecule has 0 aliphatic heterocycles. The second kappa shape index (κ2) is 8.65. The van der Waals surface area contributed by atoms with Gasteiger partial charge in [-0.05, 0) is 24.1 Å². The standard InChI is InChI=1S/C20H20ClN3O2/c1-15-5-4-6-16(11-15)12-24-19(9-10-22-24)23-20(25)14-26-13-17-7-2-3-8-18(17)21/h2-11H,12-14H2,1H3,(H,23,25). The molecule has 26 heavy (non-hydrogen) atoms. The molecule has 1 aromatic heterocycles. The second-order valence-electron chi connectivity index (χ2n) is 6.00.